The Morgan fingerprint density at radius 2 is 1.77 bits per heavy atom. The SMILES string of the molecule is CC1=C2B(O)O[C@H](c3cc(C)c(O)c(C)c3)C[C@H]2[C@H]2C(=O)N(c3cccc([N+](=O)[O-])c3)C(=O)[C@H]2C1. The summed E-state index contributed by atoms with van der Waals surface area (Å²) in [7, 11) is -1.22. The highest BCUT2D eigenvalue weighted by Crippen LogP contribution is 2.52. The van der Waals surface area contributed by atoms with Gasteiger partial charge in [-0.05, 0) is 79.9 Å². The van der Waals surface area contributed by atoms with E-state index in [0.717, 1.165) is 16.0 Å². The van der Waals surface area contributed by atoms with Crippen LogP contribution in [0.4, 0.5) is 11.4 Å². The Morgan fingerprint density at radius 3 is 2.43 bits per heavy atom. The highest BCUT2D eigenvalue weighted by atomic mass is 16.6. The number of phenols is 1. The summed E-state index contributed by atoms with van der Waals surface area (Å²) in [5.74, 6) is -2.32. The largest absolute Gasteiger partial charge is 0.507 e. The molecule has 2 aromatic carbocycles. The fourth-order valence-corrected chi connectivity index (χ4v) is 5.95. The third kappa shape index (κ3) is 3.64. The first-order valence-corrected chi connectivity index (χ1v) is 11.5. The van der Waals surface area contributed by atoms with Gasteiger partial charge < -0.3 is 14.8 Å². The summed E-state index contributed by atoms with van der Waals surface area (Å²) in [6, 6.07) is 9.13. The fraction of sp³-hybridized carbons (Fsp3) is 0.360. The average molecular weight is 476 g/mol. The average Bonchev–Trinajstić information content (AvgIpc) is 3.06. The highest BCUT2D eigenvalue weighted by Gasteiger charge is 2.57. The summed E-state index contributed by atoms with van der Waals surface area (Å²) in [4.78, 5) is 38.8. The van der Waals surface area contributed by atoms with Gasteiger partial charge in [0.2, 0.25) is 11.8 Å². The molecule has 0 unspecified atom stereocenters. The molecule has 2 saturated heterocycles. The number of aromatic hydroxyl groups is 1. The quantitative estimate of drug-likeness (QED) is 0.300. The lowest BCUT2D eigenvalue weighted by molar-refractivity contribution is -0.384. The molecule has 1 aliphatic carbocycles. The summed E-state index contributed by atoms with van der Waals surface area (Å²) in [5, 5.41) is 32.3. The molecule has 5 rings (SSSR count). The van der Waals surface area contributed by atoms with E-state index in [2.05, 4.69) is 0 Å². The lowest BCUT2D eigenvalue weighted by Gasteiger charge is -2.41. The van der Waals surface area contributed by atoms with Crippen molar-refractivity contribution in [2.24, 2.45) is 17.8 Å². The van der Waals surface area contributed by atoms with Crippen molar-refractivity contribution in [3.05, 3.63) is 74.2 Å². The molecule has 0 aromatic heterocycles. The Labute approximate surface area is 202 Å². The van der Waals surface area contributed by atoms with Crippen LogP contribution in [0.3, 0.4) is 0 Å². The van der Waals surface area contributed by atoms with Crippen molar-refractivity contribution in [3.63, 3.8) is 0 Å². The molecule has 10 heteroatoms. The number of benzene rings is 2. The smallest absolute Gasteiger partial charge is 0.487 e. The van der Waals surface area contributed by atoms with Crippen molar-refractivity contribution in [2.75, 3.05) is 4.90 Å². The number of hydrogen-bond donors (Lipinski definition) is 2. The van der Waals surface area contributed by atoms with E-state index in [0.29, 0.717) is 29.4 Å². The molecule has 0 bridgehead atoms. The monoisotopic (exact) mass is 476 g/mol. The number of aryl methyl sites for hydroxylation is 2. The minimum atomic E-state index is -1.22. The summed E-state index contributed by atoms with van der Waals surface area (Å²) >= 11 is 0. The van der Waals surface area contributed by atoms with Crippen LogP contribution in [0.1, 0.15) is 42.6 Å². The lowest BCUT2D eigenvalue weighted by Crippen LogP contribution is -2.44. The minimum absolute atomic E-state index is 0.178. The molecule has 0 radical (unpaired) electrons. The maximum atomic E-state index is 13.7. The number of nitro groups is 1. The molecule has 180 valence electrons. The van der Waals surface area contributed by atoms with E-state index in [4.69, 9.17) is 4.65 Å². The van der Waals surface area contributed by atoms with E-state index in [-0.39, 0.29) is 23.0 Å². The molecule has 2 N–H and O–H groups in total. The third-order valence-electron chi connectivity index (χ3n) is 7.54. The predicted octanol–water partition coefficient (Wildman–Crippen LogP) is 3.54. The molecule has 2 amide bonds. The number of nitrogens with zero attached hydrogens (tertiary/aromatic N) is 2. The van der Waals surface area contributed by atoms with Gasteiger partial charge in [-0.15, -0.1) is 0 Å². The Kier molecular flexibility index (Phi) is 5.53. The Bertz CT molecular complexity index is 1280. The van der Waals surface area contributed by atoms with Gasteiger partial charge in [0.25, 0.3) is 5.69 Å². The number of allylic oxidation sites excluding steroid dienone is 2. The Hall–Kier alpha value is -3.50. The second-order valence-electron chi connectivity index (χ2n) is 9.68. The Balaban J connectivity index is 1.52. The number of carbonyl (C=O) groups is 2. The van der Waals surface area contributed by atoms with Gasteiger partial charge in [0.1, 0.15) is 5.75 Å². The number of non-ortho nitro benzene ring substituents is 1. The number of rotatable bonds is 3. The van der Waals surface area contributed by atoms with Crippen molar-refractivity contribution in [1.82, 2.24) is 0 Å². The van der Waals surface area contributed by atoms with Crippen LogP contribution in [-0.4, -0.2) is 34.0 Å². The lowest BCUT2D eigenvalue weighted by atomic mass is 9.55. The second-order valence-corrected chi connectivity index (χ2v) is 9.68. The first kappa shape index (κ1) is 23.3. The molecule has 2 fully saturated rings. The summed E-state index contributed by atoms with van der Waals surface area (Å²) < 4.78 is 5.96. The van der Waals surface area contributed by atoms with Gasteiger partial charge in [0, 0.05) is 12.1 Å². The van der Waals surface area contributed by atoms with Crippen molar-refractivity contribution in [3.8, 4) is 5.75 Å². The van der Waals surface area contributed by atoms with E-state index in [1.54, 1.807) is 26.0 Å². The van der Waals surface area contributed by atoms with E-state index < -0.39 is 41.8 Å². The minimum Gasteiger partial charge on any atom is -0.507 e. The van der Waals surface area contributed by atoms with Gasteiger partial charge in [-0.1, -0.05) is 11.6 Å². The van der Waals surface area contributed by atoms with Crippen molar-refractivity contribution >= 4 is 30.3 Å². The predicted molar refractivity (Wildman–Crippen MR) is 127 cm³/mol. The molecule has 4 atom stereocenters. The topological polar surface area (TPSA) is 130 Å². The molecule has 2 heterocycles. The summed E-state index contributed by atoms with van der Waals surface area (Å²) in [5.41, 5.74) is 3.58. The normalized spacial score (nSPS) is 26.2. The van der Waals surface area contributed by atoms with Crippen LogP contribution in [-0.2, 0) is 14.2 Å². The van der Waals surface area contributed by atoms with E-state index in [1.807, 2.05) is 6.92 Å². The van der Waals surface area contributed by atoms with E-state index >= 15 is 0 Å². The van der Waals surface area contributed by atoms with Gasteiger partial charge >= 0.3 is 7.12 Å². The first-order valence-electron chi connectivity index (χ1n) is 11.5. The zero-order chi connectivity index (χ0) is 25.2. The zero-order valence-corrected chi connectivity index (χ0v) is 19.6. The molecular weight excluding hydrogens is 451 g/mol. The van der Waals surface area contributed by atoms with Crippen LogP contribution < -0.4 is 4.90 Å². The third-order valence-corrected chi connectivity index (χ3v) is 7.54. The van der Waals surface area contributed by atoms with Crippen LogP contribution in [0.15, 0.2) is 47.4 Å². The van der Waals surface area contributed by atoms with E-state index in [1.165, 1.54) is 24.3 Å². The molecule has 0 spiro atoms. The van der Waals surface area contributed by atoms with Crippen molar-refractivity contribution in [2.45, 2.75) is 39.7 Å². The molecular formula is C25H25BN2O7. The summed E-state index contributed by atoms with van der Waals surface area (Å²) in [6.45, 7) is 5.41. The van der Waals surface area contributed by atoms with Crippen molar-refractivity contribution < 1.29 is 29.3 Å². The number of nitro benzene ring substituents is 1. The maximum absolute atomic E-state index is 13.7. The van der Waals surface area contributed by atoms with Gasteiger partial charge in [-0.25, -0.2) is 4.90 Å². The number of carbonyl (C=O) groups excluding carboxylic acids is 2. The second kappa shape index (κ2) is 8.32. The van der Waals surface area contributed by atoms with Crippen molar-refractivity contribution in [1.29, 1.82) is 0 Å². The zero-order valence-electron chi connectivity index (χ0n) is 19.6. The molecule has 2 aliphatic heterocycles. The van der Waals surface area contributed by atoms with Gasteiger partial charge in [0.15, 0.2) is 0 Å². The molecule has 2 aromatic rings. The number of imide groups is 1. The maximum Gasteiger partial charge on any atom is 0.487 e. The van der Waals surface area contributed by atoms with Crippen LogP contribution in [0, 0.1) is 41.7 Å². The number of phenolic OH excluding ortho intramolecular Hbond substituents is 1. The van der Waals surface area contributed by atoms with Crippen LogP contribution in [0.5, 0.6) is 5.75 Å². The summed E-state index contributed by atoms with van der Waals surface area (Å²) in [6.07, 6.45) is 0.170. The first-order chi connectivity index (χ1) is 16.6. The molecule has 9 nitrogen and oxygen atoms in total. The Morgan fingerprint density at radius 1 is 1.09 bits per heavy atom. The standard InChI is InChI=1S/C25H25BN2O7/c1-12-9-19-21(25(31)27(24(19)30)16-5-4-6-17(10-16)28(33)34)18-11-20(35-26(32)22(12)18)15-7-13(2)23(29)14(3)8-15/h4-8,10,18-21,29,32H,9,11H2,1-3H3/t18-,19-,20-,21+/m0/s1. The molecule has 3 aliphatic rings. The van der Waals surface area contributed by atoms with Gasteiger partial charge in [-0.2, -0.15) is 0 Å². The van der Waals surface area contributed by atoms with Crippen LogP contribution in [0.25, 0.3) is 0 Å². The van der Waals surface area contributed by atoms with E-state index in [9.17, 15) is 29.8 Å². The van der Waals surface area contributed by atoms with Gasteiger partial charge in [-0.3, -0.25) is 19.7 Å². The highest BCUT2D eigenvalue weighted by molar-refractivity contribution is 6.53. The van der Waals surface area contributed by atoms with Crippen LogP contribution in [0.2, 0.25) is 0 Å². The number of anilines is 1. The number of amides is 2. The molecule has 0 saturated carbocycles. The van der Waals surface area contributed by atoms with Gasteiger partial charge in [0.05, 0.1) is 28.6 Å². The van der Waals surface area contributed by atoms with Crippen LogP contribution >= 0.6 is 0 Å². The fourth-order valence-electron chi connectivity index (χ4n) is 5.95. The molecule has 35 heavy (non-hydrogen) atoms. The number of fused-ring (bicyclic) bond motifs is 3. The number of hydrogen-bond acceptors (Lipinski definition) is 7.